The van der Waals surface area contributed by atoms with Crippen LogP contribution in [-0.4, -0.2) is 24.0 Å². The lowest BCUT2D eigenvalue weighted by Crippen LogP contribution is -2.25. The van der Waals surface area contributed by atoms with Gasteiger partial charge in [0.05, 0.1) is 11.3 Å². The van der Waals surface area contributed by atoms with E-state index in [2.05, 4.69) is 29.5 Å². The number of carbonyl (C=O) groups is 1. The summed E-state index contributed by atoms with van der Waals surface area (Å²) in [5, 5.41) is 6.97. The van der Waals surface area contributed by atoms with Gasteiger partial charge in [0, 0.05) is 30.5 Å². The van der Waals surface area contributed by atoms with Gasteiger partial charge in [0.2, 0.25) is 0 Å². The zero-order valence-electron chi connectivity index (χ0n) is 14.2. The molecule has 5 heteroatoms. The van der Waals surface area contributed by atoms with E-state index in [0.29, 0.717) is 18.0 Å². The molecule has 24 heavy (non-hydrogen) atoms. The number of hydrogen-bond donors (Lipinski definition) is 2. The van der Waals surface area contributed by atoms with Gasteiger partial charge in [-0.05, 0) is 42.5 Å². The van der Waals surface area contributed by atoms with Crippen molar-refractivity contribution < 1.29 is 4.79 Å². The molecule has 0 saturated carbocycles. The van der Waals surface area contributed by atoms with Crippen molar-refractivity contribution in [2.24, 2.45) is 5.92 Å². The van der Waals surface area contributed by atoms with E-state index in [-0.39, 0.29) is 5.91 Å². The summed E-state index contributed by atoms with van der Waals surface area (Å²) in [4.78, 5) is 16.3. The highest BCUT2D eigenvalue weighted by Gasteiger charge is 2.07. The second-order valence-electron chi connectivity index (χ2n) is 6.20. The molecule has 1 aromatic carbocycles. The van der Waals surface area contributed by atoms with Crippen molar-refractivity contribution in [2.75, 3.05) is 18.4 Å². The number of anilines is 1. The molecule has 4 nitrogen and oxygen atoms in total. The molecule has 0 fully saturated rings. The van der Waals surface area contributed by atoms with E-state index in [1.165, 1.54) is 5.56 Å². The van der Waals surface area contributed by atoms with E-state index in [4.69, 9.17) is 11.6 Å². The van der Waals surface area contributed by atoms with Crippen LogP contribution in [0.3, 0.4) is 0 Å². The summed E-state index contributed by atoms with van der Waals surface area (Å²) in [6, 6.07) is 9.64. The van der Waals surface area contributed by atoms with Crippen molar-refractivity contribution in [1.82, 2.24) is 10.3 Å². The average Bonchev–Trinajstić information content (AvgIpc) is 2.56. The minimum atomic E-state index is -0.0792. The number of hydrogen-bond acceptors (Lipinski definition) is 3. The van der Waals surface area contributed by atoms with Gasteiger partial charge in [0.25, 0.3) is 5.91 Å². The maximum Gasteiger partial charge on any atom is 0.252 e. The fourth-order valence-corrected chi connectivity index (χ4v) is 2.37. The Morgan fingerprint density at radius 2 is 1.92 bits per heavy atom. The van der Waals surface area contributed by atoms with Crippen molar-refractivity contribution >= 4 is 23.2 Å². The van der Waals surface area contributed by atoms with Gasteiger partial charge in [0.1, 0.15) is 0 Å². The largest absolute Gasteiger partial charge is 0.383 e. The molecule has 1 aromatic heterocycles. The molecule has 0 aliphatic heterocycles. The van der Waals surface area contributed by atoms with Crippen LogP contribution in [0.4, 0.5) is 5.69 Å². The number of halogens is 1. The second kappa shape index (κ2) is 9.28. The first kappa shape index (κ1) is 18.3. The summed E-state index contributed by atoms with van der Waals surface area (Å²) < 4.78 is 0. The Kier molecular flexibility index (Phi) is 7.07. The van der Waals surface area contributed by atoms with E-state index in [1.807, 2.05) is 30.3 Å². The average molecular weight is 346 g/mol. The van der Waals surface area contributed by atoms with Crippen molar-refractivity contribution in [2.45, 2.75) is 26.7 Å². The van der Waals surface area contributed by atoms with Crippen LogP contribution in [0.5, 0.6) is 0 Å². The summed E-state index contributed by atoms with van der Waals surface area (Å²) >= 11 is 5.88. The third-order valence-electron chi connectivity index (χ3n) is 3.66. The summed E-state index contributed by atoms with van der Waals surface area (Å²) in [5.41, 5.74) is 2.64. The van der Waals surface area contributed by atoms with Gasteiger partial charge >= 0.3 is 0 Å². The topological polar surface area (TPSA) is 54.0 Å². The first-order valence-corrected chi connectivity index (χ1v) is 8.64. The maximum atomic E-state index is 12.1. The van der Waals surface area contributed by atoms with Crippen LogP contribution in [0, 0.1) is 5.92 Å². The van der Waals surface area contributed by atoms with E-state index >= 15 is 0 Å². The lowest BCUT2D eigenvalue weighted by atomic mass is 10.1. The minimum absolute atomic E-state index is 0.0792. The van der Waals surface area contributed by atoms with Crippen molar-refractivity contribution in [3.05, 3.63) is 58.9 Å². The van der Waals surface area contributed by atoms with Crippen LogP contribution in [0.1, 0.15) is 36.2 Å². The van der Waals surface area contributed by atoms with Gasteiger partial charge in [-0.15, -0.1) is 0 Å². The Bertz CT molecular complexity index is 656. The molecule has 0 atom stereocenters. The molecular formula is C19H24ClN3O. The second-order valence-corrected chi connectivity index (χ2v) is 6.64. The highest BCUT2D eigenvalue weighted by atomic mass is 35.5. The Morgan fingerprint density at radius 1 is 1.17 bits per heavy atom. The molecule has 2 aromatic rings. The summed E-state index contributed by atoms with van der Waals surface area (Å²) in [6.45, 7) is 5.73. The Labute approximate surface area is 148 Å². The SMILES string of the molecule is CC(C)CCNC(=O)c1cncc(NCCc2ccc(Cl)cc2)c1. The molecule has 0 saturated heterocycles. The molecule has 0 radical (unpaired) electrons. The van der Waals surface area contributed by atoms with Crippen LogP contribution in [-0.2, 0) is 6.42 Å². The first-order chi connectivity index (χ1) is 11.5. The highest BCUT2D eigenvalue weighted by Crippen LogP contribution is 2.12. The fourth-order valence-electron chi connectivity index (χ4n) is 2.24. The number of nitrogens with one attached hydrogen (secondary N) is 2. The van der Waals surface area contributed by atoms with Crippen LogP contribution in [0.15, 0.2) is 42.7 Å². The summed E-state index contributed by atoms with van der Waals surface area (Å²) in [7, 11) is 0. The monoisotopic (exact) mass is 345 g/mol. The maximum absolute atomic E-state index is 12.1. The normalized spacial score (nSPS) is 10.7. The van der Waals surface area contributed by atoms with Gasteiger partial charge in [-0.3, -0.25) is 9.78 Å². The van der Waals surface area contributed by atoms with Gasteiger partial charge in [-0.2, -0.15) is 0 Å². The van der Waals surface area contributed by atoms with E-state index in [0.717, 1.165) is 30.1 Å². The van der Waals surface area contributed by atoms with Gasteiger partial charge in [-0.25, -0.2) is 0 Å². The van der Waals surface area contributed by atoms with E-state index in [9.17, 15) is 4.79 Å². The number of nitrogens with zero attached hydrogens (tertiary/aromatic N) is 1. The zero-order valence-corrected chi connectivity index (χ0v) is 14.9. The molecule has 1 amide bonds. The molecule has 0 spiro atoms. The number of aromatic nitrogens is 1. The first-order valence-electron chi connectivity index (χ1n) is 8.26. The molecule has 2 rings (SSSR count). The fraction of sp³-hybridized carbons (Fsp3) is 0.368. The Balaban J connectivity index is 1.83. The van der Waals surface area contributed by atoms with Gasteiger partial charge < -0.3 is 10.6 Å². The number of rotatable bonds is 8. The van der Waals surface area contributed by atoms with Crippen molar-refractivity contribution in [3.8, 4) is 0 Å². The third kappa shape index (κ3) is 6.20. The molecular weight excluding hydrogens is 322 g/mol. The number of carbonyl (C=O) groups excluding carboxylic acids is 1. The summed E-state index contributed by atoms with van der Waals surface area (Å²) in [6.07, 6.45) is 5.17. The lowest BCUT2D eigenvalue weighted by Gasteiger charge is -2.09. The molecule has 0 unspecified atom stereocenters. The Hall–Kier alpha value is -2.07. The molecule has 2 N–H and O–H groups in total. The van der Waals surface area contributed by atoms with E-state index in [1.54, 1.807) is 12.4 Å². The predicted molar refractivity (Wildman–Crippen MR) is 99.7 cm³/mol. The number of pyridine rings is 1. The molecule has 0 bridgehead atoms. The number of amides is 1. The molecule has 0 aliphatic carbocycles. The summed E-state index contributed by atoms with van der Waals surface area (Å²) in [5.74, 6) is 0.494. The minimum Gasteiger partial charge on any atom is -0.383 e. The predicted octanol–water partition coefficient (Wildman–Crippen LogP) is 4.17. The highest BCUT2D eigenvalue weighted by molar-refractivity contribution is 6.30. The quantitative estimate of drug-likeness (QED) is 0.755. The zero-order chi connectivity index (χ0) is 17.4. The number of benzene rings is 1. The molecule has 0 aliphatic rings. The lowest BCUT2D eigenvalue weighted by molar-refractivity contribution is 0.0951. The molecule has 128 valence electrons. The van der Waals surface area contributed by atoms with Crippen LogP contribution < -0.4 is 10.6 Å². The Morgan fingerprint density at radius 3 is 2.62 bits per heavy atom. The van der Waals surface area contributed by atoms with Gasteiger partial charge in [-0.1, -0.05) is 37.6 Å². The van der Waals surface area contributed by atoms with Crippen molar-refractivity contribution in [3.63, 3.8) is 0 Å². The van der Waals surface area contributed by atoms with Crippen LogP contribution >= 0.6 is 11.6 Å². The van der Waals surface area contributed by atoms with Crippen LogP contribution in [0.25, 0.3) is 0 Å². The van der Waals surface area contributed by atoms with Crippen LogP contribution in [0.2, 0.25) is 5.02 Å². The third-order valence-corrected chi connectivity index (χ3v) is 3.92. The smallest absolute Gasteiger partial charge is 0.252 e. The molecule has 1 heterocycles. The van der Waals surface area contributed by atoms with Crippen molar-refractivity contribution in [1.29, 1.82) is 0 Å². The van der Waals surface area contributed by atoms with E-state index < -0.39 is 0 Å². The van der Waals surface area contributed by atoms with Gasteiger partial charge in [0.15, 0.2) is 0 Å². The standard InChI is InChI=1S/C19H24ClN3O/c1-14(2)7-9-23-19(24)16-11-18(13-21-12-16)22-10-8-15-3-5-17(20)6-4-15/h3-6,11-14,22H,7-10H2,1-2H3,(H,23,24).